The third-order valence-electron chi connectivity index (χ3n) is 2.31. The molecule has 5 nitrogen and oxygen atoms in total. The van der Waals surface area contributed by atoms with Gasteiger partial charge in [0.05, 0.1) is 5.56 Å². The Morgan fingerprint density at radius 3 is 2.65 bits per heavy atom. The highest BCUT2D eigenvalue weighted by molar-refractivity contribution is 7.91. The molecule has 0 atom stereocenters. The second-order valence-electron chi connectivity index (χ2n) is 3.72. The van der Waals surface area contributed by atoms with Gasteiger partial charge < -0.3 is 5.32 Å². The minimum atomic E-state index is -3.73. The number of thiophene rings is 1. The second-order valence-corrected chi connectivity index (χ2v) is 6.35. The summed E-state index contributed by atoms with van der Waals surface area (Å²) in [5, 5.41) is 9.31. The van der Waals surface area contributed by atoms with Crippen molar-refractivity contribution in [3.63, 3.8) is 0 Å². The molecule has 7 heteroatoms. The molecule has 0 aromatic carbocycles. The summed E-state index contributed by atoms with van der Waals surface area (Å²) in [6.45, 7) is 4.21. The molecule has 17 heavy (non-hydrogen) atoms. The fourth-order valence-electron chi connectivity index (χ4n) is 1.38. The van der Waals surface area contributed by atoms with Gasteiger partial charge in [0, 0.05) is 11.9 Å². The van der Waals surface area contributed by atoms with Crippen molar-refractivity contribution < 1.29 is 13.2 Å². The van der Waals surface area contributed by atoms with E-state index in [0.29, 0.717) is 17.7 Å². The van der Waals surface area contributed by atoms with Crippen LogP contribution in [0.5, 0.6) is 0 Å². The van der Waals surface area contributed by atoms with Crippen molar-refractivity contribution in [2.24, 2.45) is 5.14 Å². The van der Waals surface area contributed by atoms with E-state index in [1.807, 2.05) is 6.92 Å². The maximum absolute atomic E-state index is 11.7. The number of nitrogens with two attached hydrogens (primary N) is 1. The summed E-state index contributed by atoms with van der Waals surface area (Å²) in [6, 6.07) is 0. The van der Waals surface area contributed by atoms with Crippen molar-refractivity contribution in [3.8, 4) is 0 Å². The molecule has 1 rings (SSSR count). The Bertz CT molecular complexity index is 506. The van der Waals surface area contributed by atoms with Crippen LogP contribution < -0.4 is 10.5 Å². The maximum atomic E-state index is 11.7. The summed E-state index contributed by atoms with van der Waals surface area (Å²) in [5.41, 5.74) is 0.807. The minimum absolute atomic E-state index is 0.0538. The molecule has 3 N–H and O–H groups in total. The minimum Gasteiger partial charge on any atom is -0.352 e. The van der Waals surface area contributed by atoms with Gasteiger partial charge in [-0.3, -0.25) is 4.79 Å². The summed E-state index contributed by atoms with van der Waals surface area (Å²) in [5.74, 6) is -0.248. The quantitative estimate of drug-likeness (QED) is 0.793. The highest BCUT2D eigenvalue weighted by Crippen LogP contribution is 2.25. The molecule has 0 spiro atoms. The lowest BCUT2D eigenvalue weighted by Gasteiger charge is -2.03. The zero-order valence-electron chi connectivity index (χ0n) is 9.82. The molecule has 0 aliphatic heterocycles. The molecule has 1 aromatic rings. The number of unbranched alkanes of at least 4 members (excludes halogenated alkanes) is 1. The number of hydrogen-bond donors (Lipinski definition) is 2. The molecule has 0 saturated carbocycles. The third-order valence-corrected chi connectivity index (χ3v) is 5.00. The smallest absolute Gasteiger partial charge is 0.252 e. The molecule has 0 aliphatic carbocycles. The summed E-state index contributed by atoms with van der Waals surface area (Å²) in [4.78, 5) is 11.7. The topological polar surface area (TPSA) is 89.3 Å². The van der Waals surface area contributed by atoms with Gasteiger partial charge in [-0.25, -0.2) is 13.6 Å². The zero-order chi connectivity index (χ0) is 13.1. The van der Waals surface area contributed by atoms with E-state index in [4.69, 9.17) is 5.14 Å². The molecule has 1 aromatic heterocycles. The summed E-state index contributed by atoms with van der Waals surface area (Å²) < 4.78 is 22.5. The van der Waals surface area contributed by atoms with Gasteiger partial charge in [0.25, 0.3) is 5.91 Å². The largest absolute Gasteiger partial charge is 0.352 e. The second kappa shape index (κ2) is 5.61. The van der Waals surface area contributed by atoms with Gasteiger partial charge in [0.1, 0.15) is 4.21 Å². The van der Waals surface area contributed by atoms with Crippen LogP contribution in [-0.4, -0.2) is 20.9 Å². The standard InChI is InChI=1S/C10H16N2O3S2/c1-3-4-5-12-9(13)8-6-16-10(7(8)2)17(11,14)15/h6H,3-5H2,1-2H3,(H,12,13)(H2,11,14,15). The average molecular weight is 276 g/mol. The number of rotatable bonds is 5. The molecule has 1 heterocycles. The number of primary sulfonamides is 1. The van der Waals surface area contributed by atoms with Crippen molar-refractivity contribution in [1.82, 2.24) is 5.32 Å². The monoisotopic (exact) mass is 276 g/mol. The third kappa shape index (κ3) is 3.52. The number of carbonyl (C=O) groups excluding carboxylic acids is 1. The lowest BCUT2D eigenvalue weighted by molar-refractivity contribution is 0.0953. The summed E-state index contributed by atoms with van der Waals surface area (Å²) in [6.07, 6.45) is 1.89. The Balaban J connectivity index is 2.87. The van der Waals surface area contributed by atoms with Gasteiger partial charge >= 0.3 is 0 Å². The number of carbonyl (C=O) groups is 1. The first-order valence-electron chi connectivity index (χ1n) is 5.27. The van der Waals surface area contributed by atoms with E-state index in [1.54, 1.807) is 6.92 Å². The van der Waals surface area contributed by atoms with E-state index in [2.05, 4.69) is 5.32 Å². The fraction of sp³-hybridized carbons (Fsp3) is 0.500. The van der Waals surface area contributed by atoms with E-state index in [-0.39, 0.29) is 10.1 Å². The van der Waals surface area contributed by atoms with E-state index in [9.17, 15) is 13.2 Å². The van der Waals surface area contributed by atoms with Crippen molar-refractivity contribution in [2.75, 3.05) is 6.54 Å². The number of sulfonamides is 1. The SMILES string of the molecule is CCCCNC(=O)c1csc(S(N)(=O)=O)c1C. The number of hydrogen-bond acceptors (Lipinski definition) is 4. The van der Waals surface area contributed by atoms with E-state index >= 15 is 0 Å². The van der Waals surface area contributed by atoms with Gasteiger partial charge in [-0.15, -0.1) is 11.3 Å². The molecular weight excluding hydrogens is 260 g/mol. The lowest BCUT2D eigenvalue weighted by atomic mass is 10.2. The van der Waals surface area contributed by atoms with Crippen LogP contribution in [0, 0.1) is 6.92 Å². The molecule has 0 bridgehead atoms. The summed E-state index contributed by atoms with van der Waals surface area (Å²) in [7, 11) is -3.73. The molecule has 0 unspecified atom stereocenters. The van der Waals surface area contributed by atoms with Crippen molar-refractivity contribution >= 4 is 27.3 Å². The Morgan fingerprint density at radius 1 is 1.53 bits per heavy atom. The van der Waals surface area contributed by atoms with Crippen LogP contribution in [0.15, 0.2) is 9.59 Å². The van der Waals surface area contributed by atoms with Crippen molar-refractivity contribution in [1.29, 1.82) is 0 Å². The van der Waals surface area contributed by atoms with Crippen molar-refractivity contribution in [2.45, 2.75) is 30.9 Å². The van der Waals surface area contributed by atoms with E-state index in [0.717, 1.165) is 24.2 Å². The van der Waals surface area contributed by atoms with Crippen LogP contribution in [0.4, 0.5) is 0 Å². The van der Waals surface area contributed by atoms with Crippen LogP contribution in [0.3, 0.4) is 0 Å². The Kier molecular flexibility index (Phi) is 4.67. The molecule has 1 amide bonds. The highest BCUT2D eigenvalue weighted by atomic mass is 32.2. The first-order valence-corrected chi connectivity index (χ1v) is 7.69. The van der Waals surface area contributed by atoms with Crippen LogP contribution in [0.25, 0.3) is 0 Å². The lowest BCUT2D eigenvalue weighted by Crippen LogP contribution is -2.24. The Morgan fingerprint density at radius 2 is 2.18 bits per heavy atom. The van der Waals surface area contributed by atoms with Gasteiger partial charge in [-0.05, 0) is 18.9 Å². The number of amides is 1. The molecule has 0 aliphatic rings. The van der Waals surface area contributed by atoms with Gasteiger partial charge in [0.2, 0.25) is 10.0 Å². The molecular formula is C10H16N2O3S2. The Hall–Kier alpha value is -0.920. The van der Waals surface area contributed by atoms with Crippen LogP contribution >= 0.6 is 11.3 Å². The molecule has 0 saturated heterocycles. The average Bonchev–Trinajstić information content (AvgIpc) is 2.59. The van der Waals surface area contributed by atoms with E-state index < -0.39 is 10.0 Å². The maximum Gasteiger partial charge on any atom is 0.252 e. The summed E-state index contributed by atoms with van der Waals surface area (Å²) >= 11 is 0.977. The van der Waals surface area contributed by atoms with Gasteiger partial charge in [-0.1, -0.05) is 13.3 Å². The van der Waals surface area contributed by atoms with Crippen LogP contribution in [0.1, 0.15) is 35.7 Å². The normalized spacial score (nSPS) is 11.5. The van der Waals surface area contributed by atoms with Gasteiger partial charge in [-0.2, -0.15) is 0 Å². The first-order chi connectivity index (χ1) is 7.88. The van der Waals surface area contributed by atoms with Crippen LogP contribution in [0.2, 0.25) is 0 Å². The van der Waals surface area contributed by atoms with Crippen molar-refractivity contribution in [3.05, 3.63) is 16.5 Å². The number of nitrogens with one attached hydrogen (secondary N) is 1. The first kappa shape index (κ1) is 14.1. The molecule has 0 radical (unpaired) electrons. The van der Waals surface area contributed by atoms with E-state index in [1.165, 1.54) is 5.38 Å². The predicted molar refractivity (Wildman–Crippen MR) is 67.7 cm³/mol. The molecule has 96 valence electrons. The predicted octanol–water partition coefficient (Wildman–Crippen LogP) is 1.23. The highest BCUT2D eigenvalue weighted by Gasteiger charge is 2.20. The Labute approximate surface area is 105 Å². The van der Waals surface area contributed by atoms with Gasteiger partial charge in [0.15, 0.2) is 0 Å². The fourth-order valence-corrected chi connectivity index (χ4v) is 3.39. The van der Waals surface area contributed by atoms with Crippen LogP contribution in [-0.2, 0) is 10.0 Å². The molecule has 0 fully saturated rings. The zero-order valence-corrected chi connectivity index (χ0v) is 11.5.